The number of thiocarbonyl (C=S) groups is 1. The van der Waals surface area contributed by atoms with Crippen LogP contribution in [0.25, 0.3) is 43.4 Å². The predicted octanol–water partition coefficient (Wildman–Crippen LogP) is 27.0. The Hall–Kier alpha value is -10.9. The van der Waals surface area contributed by atoms with E-state index in [1.807, 2.05) is 388 Å². The zero-order chi connectivity index (χ0) is 108. The number of carbonyl (C=O) groups excluding carboxylic acids is 5. The molecule has 780 valence electrons. The summed E-state index contributed by atoms with van der Waals surface area (Å²) in [6, 6.07) is 104. The number of aromatic nitrogens is 2. The molecule has 0 radical (unpaired) electrons. The van der Waals surface area contributed by atoms with E-state index in [0.717, 1.165) is 97.9 Å². The van der Waals surface area contributed by atoms with E-state index >= 15 is 0 Å². The summed E-state index contributed by atoms with van der Waals surface area (Å²) in [6.07, 6.45) is 0. The summed E-state index contributed by atoms with van der Waals surface area (Å²) in [7, 11) is 2.64. The molecule has 28 heteroatoms. The zero-order valence-corrected chi connectivity index (χ0v) is 99.5. The molecule has 2 unspecified atom stereocenters. The van der Waals surface area contributed by atoms with Crippen molar-refractivity contribution in [2.75, 3.05) is 46.0 Å². The number of carboxylic acid groups (broad SMARTS) is 1. The molecular formula is C119H147Br3KLiN4O16S3. The minimum absolute atomic E-state index is 0. The van der Waals surface area contributed by atoms with Gasteiger partial charge in [-0.05, 0) is 114 Å². The Morgan fingerprint density at radius 1 is 0.374 bits per heavy atom. The van der Waals surface area contributed by atoms with Crippen molar-refractivity contribution < 1.29 is 147 Å². The second-order valence-electron chi connectivity index (χ2n) is 26.5. The van der Waals surface area contributed by atoms with Crippen LogP contribution in [0.15, 0.2) is 328 Å². The monoisotopic (exact) mass is 2270 g/mol. The van der Waals surface area contributed by atoms with E-state index in [4.69, 9.17) is 73.3 Å². The number of methoxy groups -OCH3 is 2. The van der Waals surface area contributed by atoms with Crippen molar-refractivity contribution in [2.45, 2.75) is 176 Å². The maximum atomic E-state index is 12.1. The minimum atomic E-state index is -1.01. The van der Waals surface area contributed by atoms with Crippen LogP contribution >= 0.6 is 82.7 Å². The van der Waals surface area contributed by atoms with Crippen molar-refractivity contribution in [1.82, 2.24) is 9.97 Å². The number of esters is 2. The van der Waals surface area contributed by atoms with Crippen molar-refractivity contribution in [3.05, 3.63) is 389 Å². The van der Waals surface area contributed by atoms with Crippen molar-refractivity contribution >= 4 is 123 Å². The fourth-order valence-corrected chi connectivity index (χ4v) is 14.9. The molecule has 0 saturated heterocycles. The number of Topliss-reactive ketones (excluding diaryl/α,β-unsaturated/α-hetero) is 3. The number of ketones is 3. The molecule has 20 nitrogen and oxygen atoms in total. The van der Waals surface area contributed by atoms with E-state index < -0.39 is 17.9 Å². The van der Waals surface area contributed by atoms with Crippen LogP contribution in [0.3, 0.4) is 0 Å². The number of hydrogen-bond acceptors (Lipinski definition) is 21. The summed E-state index contributed by atoms with van der Waals surface area (Å²) in [6.45, 7) is 46.6. The largest absolute Gasteiger partial charge is 1.00 e. The van der Waals surface area contributed by atoms with E-state index in [9.17, 15) is 28.8 Å². The Morgan fingerprint density at radius 3 is 0.871 bits per heavy atom. The maximum Gasteiger partial charge on any atom is 1.00 e. The first-order valence-electron chi connectivity index (χ1n) is 47.6. The number of rotatable bonds is 30. The second kappa shape index (κ2) is 93.6. The van der Waals surface area contributed by atoms with Crippen LogP contribution in [-0.2, 0) is 37.1 Å². The molecule has 2 heterocycles. The number of carbonyl (C=O) groups is 6. The van der Waals surface area contributed by atoms with Crippen LogP contribution < -0.4 is 104 Å². The Kier molecular flexibility index (Phi) is 93.5. The molecule has 0 fully saturated rings. The normalized spacial score (nSPS) is 9.36. The third kappa shape index (κ3) is 57.5. The van der Waals surface area contributed by atoms with Gasteiger partial charge in [-0.25, -0.2) is 24.4 Å². The molecule has 0 saturated carbocycles. The number of nitrogens with two attached hydrogens (primary N) is 1. The fraction of sp³-hybridized carbons (Fsp3) is 0.277. The number of hydrogen-bond donors (Lipinski definition) is 2. The summed E-state index contributed by atoms with van der Waals surface area (Å²) >= 11 is 17.9. The molecule has 0 spiro atoms. The van der Waals surface area contributed by atoms with Crippen LogP contribution in [0.2, 0.25) is 0 Å². The van der Waals surface area contributed by atoms with Gasteiger partial charge in [-0.15, -0.1) is 22.7 Å². The van der Waals surface area contributed by atoms with Gasteiger partial charge in [0.15, 0.2) is 37.2 Å². The van der Waals surface area contributed by atoms with Crippen LogP contribution in [0, 0.1) is 32.6 Å². The smallest absolute Gasteiger partial charge is 0.870 e. The average molecular weight is 2270 g/mol. The number of thiazole rings is 2. The van der Waals surface area contributed by atoms with Crippen LogP contribution in [0.5, 0.6) is 34.5 Å². The van der Waals surface area contributed by atoms with Gasteiger partial charge < -0.3 is 66.0 Å². The molecule has 12 aromatic carbocycles. The Bertz CT molecular complexity index is 5550. The van der Waals surface area contributed by atoms with Gasteiger partial charge in [0, 0.05) is 27.8 Å². The summed E-state index contributed by atoms with van der Waals surface area (Å²) in [5.74, 6) is 2.24. The second-order valence-corrected chi connectivity index (χ2v) is 31.6. The molecule has 14 aromatic rings. The van der Waals surface area contributed by atoms with Crippen LogP contribution in [0.1, 0.15) is 211 Å². The number of ether oxygens (including phenoxy) is 8. The number of carboxylic acids is 1. The SMILES string of the molecule is C.CC.CC.CC.CC.CC.CC.CC.CC.CC.COC(=O)COc1ccc(OCC(N)=S)cc1C.COC(=O)COc1ccc(OCc2nc(-c3ccccc3)c(-c3ccccc3)s2)cc1C.Cc1cc(OCc2nc(-c3ccccc3)c(-c3ccccc3)s2)ccc1OCC(=O)O.O=C(CBr)c1ccccc1.O=C(c1ccccc1)C(Br)c1ccccc1.O=C(c1ccccc1)C(Br)c1ccccc1.[C-]#N.[K+].[Li+].[OH-]. The van der Waals surface area contributed by atoms with Crippen molar-refractivity contribution in [3.8, 4) is 77.9 Å². The first kappa shape index (κ1) is 147. The summed E-state index contributed by atoms with van der Waals surface area (Å²) in [4.78, 5) is 79.8. The van der Waals surface area contributed by atoms with Crippen molar-refractivity contribution in [2.24, 2.45) is 5.73 Å². The van der Waals surface area contributed by atoms with Crippen LogP contribution in [-0.4, -0.2) is 107 Å². The minimum Gasteiger partial charge on any atom is -0.870 e. The summed E-state index contributed by atoms with van der Waals surface area (Å²) in [5.41, 5.74) is 18.4. The number of halogens is 3. The maximum absolute atomic E-state index is 12.1. The van der Waals surface area contributed by atoms with E-state index in [2.05, 4.69) is 106 Å². The zero-order valence-electron chi connectivity index (χ0n) is 89.2. The third-order valence-electron chi connectivity index (χ3n) is 17.5. The van der Waals surface area contributed by atoms with E-state index in [1.165, 1.54) is 14.2 Å². The van der Waals surface area contributed by atoms with Gasteiger partial charge in [0.2, 0.25) is 0 Å². The molecule has 4 N–H and O–H groups in total. The number of alkyl halides is 3. The average Bonchev–Trinajstić information content (AvgIpc) is 1.64. The van der Waals surface area contributed by atoms with Gasteiger partial charge in [0.1, 0.15) is 79.0 Å². The third-order valence-corrected chi connectivity index (χ3v) is 22.2. The Labute approximate surface area is 969 Å². The molecule has 0 bridgehead atoms. The first-order chi connectivity index (χ1) is 69.7. The van der Waals surface area contributed by atoms with Gasteiger partial charge in [-0.1, -0.05) is 465 Å². The molecule has 0 aliphatic heterocycles. The van der Waals surface area contributed by atoms with Crippen molar-refractivity contribution in [1.29, 1.82) is 5.26 Å². The topological polar surface area (TPSA) is 302 Å². The first-order valence-corrected chi connectivity index (χ1v) is 52.5. The standard InChI is InChI=1S/C26H23NO4S.C25H21NO4S.2C14H11BrO.C12H15NO4S.C8H7BrO.9C2H6.CN.CH4.K.Li.H2O/c1-18-15-21(13-14-22(18)31-17-24(28)29-2)30-16-23-27-25(19-9-5-3-6-10-19)26(32-23)20-11-7-4-8-12-20;1-17-14-20(12-13-21(17)30-16-23(27)28)29-15-22-26-24(18-8-4-2-5-9-18)25(31-22)19-10-6-3-7-11-19;2*15-13(11-7-3-1-4-8-11)14(16)12-9-5-2-6-10-12;1-8-5-9(16-6-11(13)18)3-4-10(8)17-7-12(14)15-2;9-6-8(10)7-4-2-1-3-5-7;10*1-2;;;;/h3-15H,16-17H2,1-2H3;2-14H,15-16H2,1H3,(H,27,28);2*1-10,13H;3-5H,6-7H2,1-2H3,(H2,13,18);1-5H,6H2;9*1-2H3;;1H4;;;1H2/q;;;;;;;;;;;;;;;-1;;2*+1;/p-1. The number of aliphatic carboxylic acids is 1. The molecule has 0 amide bonds. The molecule has 0 aliphatic rings. The molecule has 14 rings (SSSR count). The van der Waals surface area contributed by atoms with Crippen LogP contribution in [0.4, 0.5) is 0 Å². The quantitative estimate of drug-likeness (QED) is 0.0106. The number of nitrogens with zero attached hydrogens (tertiary/aromatic N) is 3. The number of benzene rings is 12. The molecule has 0 aliphatic carbocycles. The van der Waals surface area contributed by atoms with Gasteiger partial charge in [-0.3, -0.25) is 14.4 Å². The van der Waals surface area contributed by atoms with Gasteiger partial charge in [-0.2, -0.15) is 0 Å². The summed E-state index contributed by atoms with van der Waals surface area (Å²) < 4.78 is 42.5. The van der Waals surface area contributed by atoms with Gasteiger partial charge in [0.05, 0.1) is 40.7 Å². The molecular weight excluding hydrogens is 2120 g/mol. The molecule has 2 aromatic heterocycles. The molecule has 2 atom stereocenters. The predicted molar refractivity (Wildman–Crippen MR) is 617 cm³/mol. The summed E-state index contributed by atoms with van der Waals surface area (Å²) in [5, 5.41) is 17.2. The Morgan fingerprint density at radius 2 is 0.619 bits per heavy atom. The van der Waals surface area contributed by atoms with Gasteiger partial charge in [0.25, 0.3) is 0 Å². The van der Waals surface area contributed by atoms with E-state index in [-0.39, 0.29) is 137 Å². The fourth-order valence-electron chi connectivity index (χ4n) is 11.3. The van der Waals surface area contributed by atoms with E-state index in [0.29, 0.717) is 58.0 Å². The van der Waals surface area contributed by atoms with Crippen molar-refractivity contribution in [3.63, 3.8) is 0 Å². The molecule has 147 heavy (non-hydrogen) atoms. The number of aryl methyl sites for hydroxylation is 3. The van der Waals surface area contributed by atoms with Gasteiger partial charge >= 0.3 is 88.2 Å². The van der Waals surface area contributed by atoms with E-state index in [1.54, 1.807) is 59.1 Å². The Balaban J connectivity index is -0.000000401.